The van der Waals surface area contributed by atoms with E-state index in [0.29, 0.717) is 11.3 Å². The van der Waals surface area contributed by atoms with Gasteiger partial charge in [-0.25, -0.2) is 4.39 Å². The number of aromatic nitrogens is 3. The largest absolute Gasteiger partial charge is 0.403 e. The van der Waals surface area contributed by atoms with Crippen molar-refractivity contribution < 1.29 is 19.0 Å². The van der Waals surface area contributed by atoms with Gasteiger partial charge < -0.3 is 29.8 Å². The second-order valence-electron chi connectivity index (χ2n) is 5.77. The van der Waals surface area contributed by atoms with Crippen LogP contribution in [-0.4, -0.2) is 44.2 Å². The van der Waals surface area contributed by atoms with Gasteiger partial charge in [0.15, 0.2) is 0 Å². The lowest BCUT2D eigenvalue weighted by atomic mass is 10.2. The van der Waals surface area contributed by atoms with Gasteiger partial charge >= 0.3 is 6.01 Å². The number of halogens is 1. The van der Waals surface area contributed by atoms with E-state index in [1.807, 2.05) is 0 Å². The van der Waals surface area contributed by atoms with Gasteiger partial charge in [0.1, 0.15) is 5.82 Å². The number of pyridine rings is 1. The molecule has 0 fully saturated rings. The fourth-order valence-corrected chi connectivity index (χ4v) is 2.33. The molecule has 3 aromatic rings. The Balaban J connectivity index is 1.98. The standard InChI is InChI=1S/C17H18FN5O4/c1-23-7-11(16-21-22-17(27-16)19-10(8-24)9-25)14(6-15(23)26)20-13-5-3-2-4-12(13)18/h2-7,10,20,24-25H,8-9H2,1H3,(H,19,22). The Bertz CT molecular complexity index is 983. The molecular formula is C17H18FN5O4. The summed E-state index contributed by atoms with van der Waals surface area (Å²) in [6.07, 6.45) is 1.48. The van der Waals surface area contributed by atoms with Crippen LogP contribution in [0.25, 0.3) is 11.5 Å². The molecule has 0 unspecified atom stereocenters. The van der Waals surface area contributed by atoms with Crippen LogP contribution in [0.15, 0.2) is 45.7 Å². The molecule has 0 spiro atoms. The van der Waals surface area contributed by atoms with Crippen molar-refractivity contribution in [3.8, 4) is 11.5 Å². The molecule has 1 aromatic carbocycles. The Morgan fingerprint density at radius 2 is 1.96 bits per heavy atom. The summed E-state index contributed by atoms with van der Waals surface area (Å²) in [6.45, 7) is -0.651. The van der Waals surface area contributed by atoms with Crippen molar-refractivity contribution in [3.63, 3.8) is 0 Å². The Morgan fingerprint density at radius 3 is 2.67 bits per heavy atom. The van der Waals surface area contributed by atoms with Crippen molar-refractivity contribution in [2.45, 2.75) is 6.04 Å². The van der Waals surface area contributed by atoms with Gasteiger partial charge in [-0.2, -0.15) is 0 Å². The van der Waals surface area contributed by atoms with E-state index in [0.717, 1.165) is 0 Å². The van der Waals surface area contributed by atoms with Crippen LogP contribution in [-0.2, 0) is 7.05 Å². The monoisotopic (exact) mass is 375 g/mol. The summed E-state index contributed by atoms with van der Waals surface area (Å²) in [4.78, 5) is 12.0. The zero-order valence-electron chi connectivity index (χ0n) is 14.4. The summed E-state index contributed by atoms with van der Waals surface area (Å²) < 4.78 is 20.8. The first-order valence-corrected chi connectivity index (χ1v) is 8.06. The second-order valence-corrected chi connectivity index (χ2v) is 5.77. The molecule has 0 aliphatic carbocycles. The highest BCUT2D eigenvalue weighted by molar-refractivity contribution is 5.76. The van der Waals surface area contributed by atoms with E-state index in [-0.39, 0.29) is 36.4 Å². The smallest absolute Gasteiger partial charge is 0.316 e. The van der Waals surface area contributed by atoms with E-state index in [1.54, 1.807) is 19.2 Å². The average Bonchev–Trinajstić information content (AvgIpc) is 3.12. The maximum absolute atomic E-state index is 14.0. The van der Waals surface area contributed by atoms with Gasteiger partial charge in [0, 0.05) is 19.3 Å². The third kappa shape index (κ3) is 4.13. The molecule has 0 radical (unpaired) electrons. The maximum atomic E-state index is 14.0. The SMILES string of the molecule is Cn1cc(-c2nnc(NC(CO)CO)o2)c(Nc2ccccc2F)cc1=O. The van der Waals surface area contributed by atoms with Crippen molar-refractivity contribution in [1.82, 2.24) is 14.8 Å². The molecule has 0 atom stereocenters. The number of aliphatic hydroxyl groups is 2. The van der Waals surface area contributed by atoms with E-state index in [2.05, 4.69) is 20.8 Å². The van der Waals surface area contributed by atoms with E-state index in [4.69, 9.17) is 14.6 Å². The number of aliphatic hydroxyl groups excluding tert-OH is 2. The topological polar surface area (TPSA) is 125 Å². The van der Waals surface area contributed by atoms with Crippen molar-refractivity contribution in [1.29, 1.82) is 0 Å². The van der Waals surface area contributed by atoms with Crippen LogP contribution in [0.1, 0.15) is 0 Å². The number of anilines is 3. The van der Waals surface area contributed by atoms with E-state index in [1.165, 1.54) is 29.0 Å². The summed E-state index contributed by atoms with van der Waals surface area (Å²) in [5.41, 5.74) is 0.547. The van der Waals surface area contributed by atoms with Crippen LogP contribution in [0.2, 0.25) is 0 Å². The molecule has 0 aliphatic rings. The van der Waals surface area contributed by atoms with Crippen LogP contribution in [0.3, 0.4) is 0 Å². The van der Waals surface area contributed by atoms with Gasteiger partial charge in [-0.15, -0.1) is 5.10 Å². The van der Waals surface area contributed by atoms with Crippen molar-refractivity contribution in [2.75, 3.05) is 23.8 Å². The highest BCUT2D eigenvalue weighted by Crippen LogP contribution is 2.29. The first kappa shape index (κ1) is 18.5. The Labute approximate surface area is 153 Å². The van der Waals surface area contributed by atoms with Gasteiger partial charge in [0.2, 0.25) is 0 Å². The zero-order valence-corrected chi connectivity index (χ0v) is 14.4. The molecule has 27 heavy (non-hydrogen) atoms. The number of nitrogens with one attached hydrogen (secondary N) is 2. The molecule has 3 rings (SSSR count). The molecule has 0 aliphatic heterocycles. The highest BCUT2D eigenvalue weighted by atomic mass is 19.1. The molecule has 142 valence electrons. The van der Waals surface area contributed by atoms with Gasteiger partial charge in [-0.1, -0.05) is 17.2 Å². The molecule has 0 saturated heterocycles. The Hall–Kier alpha value is -3.24. The van der Waals surface area contributed by atoms with Crippen LogP contribution < -0.4 is 16.2 Å². The fourth-order valence-electron chi connectivity index (χ4n) is 2.33. The molecule has 2 heterocycles. The number of hydrogen-bond acceptors (Lipinski definition) is 8. The molecule has 0 saturated carbocycles. The van der Waals surface area contributed by atoms with Crippen molar-refractivity contribution in [3.05, 3.63) is 52.7 Å². The zero-order chi connectivity index (χ0) is 19.4. The minimum atomic E-state index is -0.658. The first-order chi connectivity index (χ1) is 13.0. The normalized spacial score (nSPS) is 11.0. The summed E-state index contributed by atoms with van der Waals surface area (Å²) in [7, 11) is 1.56. The molecule has 0 amide bonds. The molecule has 4 N–H and O–H groups in total. The van der Waals surface area contributed by atoms with Crippen molar-refractivity contribution in [2.24, 2.45) is 7.05 Å². The predicted molar refractivity (Wildman–Crippen MR) is 96.2 cm³/mol. The molecule has 0 bridgehead atoms. The number of benzene rings is 1. The molecule has 2 aromatic heterocycles. The molecule has 10 heteroatoms. The van der Waals surface area contributed by atoms with Crippen LogP contribution >= 0.6 is 0 Å². The van der Waals surface area contributed by atoms with Crippen LogP contribution in [0.5, 0.6) is 0 Å². The summed E-state index contributed by atoms with van der Waals surface area (Å²) in [5.74, 6) is -0.410. The van der Waals surface area contributed by atoms with E-state index in [9.17, 15) is 9.18 Å². The number of hydrogen-bond donors (Lipinski definition) is 4. The average molecular weight is 375 g/mol. The van der Waals surface area contributed by atoms with Gasteiger partial charge in [0.25, 0.3) is 11.4 Å². The van der Waals surface area contributed by atoms with Gasteiger partial charge in [0.05, 0.1) is 36.2 Å². The van der Waals surface area contributed by atoms with E-state index >= 15 is 0 Å². The number of rotatable bonds is 7. The first-order valence-electron chi connectivity index (χ1n) is 8.06. The lowest BCUT2D eigenvalue weighted by Crippen LogP contribution is -2.27. The minimum absolute atomic E-state index is 0.0104. The van der Waals surface area contributed by atoms with Crippen LogP contribution in [0, 0.1) is 5.82 Å². The quantitative estimate of drug-likeness (QED) is 0.483. The third-order valence-corrected chi connectivity index (χ3v) is 3.80. The minimum Gasteiger partial charge on any atom is -0.403 e. The second kappa shape index (κ2) is 7.98. The Morgan fingerprint density at radius 1 is 1.22 bits per heavy atom. The molecule has 9 nitrogen and oxygen atoms in total. The number of nitrogens with zero attached hydrogens (tertiary/aromatic N) is 3. The third-order valence-electron chi connectivity index (χ3n) is 3.80. The summed E-state index contributed by atoms with van der Waals surface area (Å²) in [6, 6.07) is 6.67. The number of para-hydroxylation sites is 1. The van der Waals surface area contributed by atoms with Crippen molar-refractivity contribution >= 4 is 17.4 Å². The lowest BCUT2D eigenvalue weighted by molar-refractivity contribution is 0.202. The predicted octanol–water partition coefficient (Wildman–Crippen LogP) is 1.08. The lowest BCUT2D eigenvalue weighted by Gasteiger charge is -2.12. The summed E-state index contributed by atoms with van der Waals surface area (Å²) >= 11 is 0. The molecular weight excluding hydrogens is 357 g/mol. The maximum Gasteiger partial charge on any atom is 0.316 e. The number of aryl methyl sites for hydroxylation is 1. The highest BCUT2D eigenvalue weighted by Gasteiger charge is 2.17. The fraction of sp³-hybridized carbons (Fsp3) is 0.235. The summed E-state index contributed by atoms with van der Waals surface area (Å²) in [5, 5.41) is 31.5. The van der Waals surface area contributed by atoms with E-state index < -0.39 is 11.9 Å². The van der Waals surface area contributed by atoms with Gasteiger partial charge in [-0.3, -0.25) is 4.79 Å². The van der Waals surface area contributed by atoms with Crippen LogP contribution in [0.4, 0.5) is 21.8 Å². The van der Waals surface area contributed by atoms with Gasteiger partial charge in [-0.05, 0) is 12.1 Å². The Kier molecular flexibility index (Phi) is 5.48.